The summed E-state index contributed by atoms with van der Waals surface area (Å²) in [6, 6.07) is 6.58. The van der Waals surface area contributed by atoms with Crippen molar-refractivity contribution < 1.29 is 12.8 Å². The van der Waals surface area contributed by atoms with Crippen molar-refractivity contribution in [3.05, 3.63) is 47.1 Å². The normalized spacial score (nSPS) is 16.7. The number of hydrogen-bond acceptors (Lipinski definition) is 5. The Morgan fingerprint density at radius 1 is 1.08 bits per heavy atom. The fourth-order valence-electron chi connectivity index (χ4n) is 2.80. The van der Waals surface area contributed by atoms with Gasteiger partial charge >= 0.3 is 0 Å². The quantitative estimate of drug-likeness (QED) is 0.760. The maximum absolute atomic E-state index is 13.0. The van der Waals surface area contributed by atoms with E-state index >= 15 is 0 Å². The summed E-state index contributed by atoms with van der Waals surface area (Å²) in [5.41, 5.74) is 0. The molecule has 0 radical (unpaired) electrons. The Balaban J connectivity index is 1.78. The van der Waals surface area contributed by atoms with Crippen LogP contribution in [0.3, 0.4) is 0 Å². The maximum Gasteiger partial charge on any atom is 0.243 e. The lowest BCUT2D eigenvalue weighted by atomic mass is 10.4. The second kappa shape index (κ2) is 7.23. The molecular weight excluding hydrogens is 367 g/mol. The topological polar surface area (TPSA) is 66.4 Å². The van der Waals surface area contributed by atoms with Crippen molar-refractivity contribution in [3.8, 4) is 0 Å². The monoisotopic (exact) mass is 384 g/mol. The lowest BCUT2D eigenvalue weighted by molar-refractivity contribution is 0.433. The van der Waals surface area contributed by atoms with Crippen LogP contribution < -0.4 is 4.90 Å². The highest BCUT2D eigenvalue weighted by atomic mass is 35.5. The number of nitrogens with zero attached hydrogens (tertiary/aromatic N) is 4. The molecule has 1 saturated heterocycles. The van der Waals surface area contributed by atoms with Gasteiger partial charge in [-0.3, -0.25) is 0 Å². The summed E-state index contributed by atoms with van der Waals surface area (Å²) in [7, 11) is -3.64. The molecule has 0 spiro atoms. The van der Waals surface area contributed by atoms with E-state index in [2.05, 4.69) is 9.97 Å². The van der Waals surface area contributed by atoms with Gasteiger partial charge in [0.25, 0.3) is 0 Å². The minimum Gasteiger partial charge on any atom is -0.355 e. The highest BCUT2D eigenvalue weighted by molar-refractivity contribution is 7.89. The molecule has 0 bridgehead atoms. The third-order valence-electron chi connectivity index (χ3n) is 4.02. The van der Waals surface area contributed by atoms with E-state index in [-0.39, 0.29) is 4.90 Å². The van der Waals surface area contributed by atoms with Crippen LogP contribution in [-0.4, -0.2) is 48.9 Å². The van der Waals surface area contributed by atoms with Gasteiger partial charge in [0, 0.05) is 32.2 Å². The molecule has 0 N–H and O–H groups in total. The van der Waals surface area contributed by atoms with Crippen LogP contribution in [0.5, 0.6) is 0 Å². The summed E-state index contributed by atoms with van der Waals surface area (Å²) < 4.78 is 40.0. The number of halogens is 2. The smallest absolute Gasteiger partial charge is 0.243 e. The van der Waals surface area contributed by atoms with Crippen LogP contribution in [0, 0.1) is 12.7 Å². The third kappa shape index (κ3) is 4.08. The molecule has 0 amide bonds. The van der Waals surface area contributed by atoms with Gasteiger partial charge in [0.05, 0.1) is 4.90 Å². The standard InChI is InChI=1S/C16H18ClFN4O2S/c1-12-19-15(17)11-16(20-12)21-7-2-8-22(10-9-21)25(23,24)14-5-3-13(18)4-6-14/h3-6,11H,2,7-10H2,1H3. The molecule has 2 heterocycles. The molecular formula is C16H18ClFN4O2S. The Kier molecular flexibility index (Phi) is 5.21. The van der Waals surface area contributed by atoms with Gasteiger partial charge in [-0.05, 0) is 37.6 Å². The molecule has 9 heteroatoms. The van der Waals surface area contributed by atoms with Crippen LogP contribution in [0.15, 0.2) is 35.2 Å². The Morgan fingerprint density at radius 2 is 1.80 bits per heavy atom. The number of rotatable bonds is 3. The number of sulfonamides is 1. The molecule has 2 aromatic rings. The minimum absolute atomic E-state index is 0.100. The van der Waals surface area contributed by atoms with E-state index < -0.39 is 15.8 Å². The number of benzene rings is 1. The summed E-state index contributed by atoms with van der Waals surface area (Å²) in [4.78, 5) is 10.5. The number of hydrogen-bond donors (Lipinski definition) is 0. The molecule has 1 aliphatic heterocycles. The van der Waals surface area contributed by atoms with Crippen molar-refractivity contribution in [2.75, 3.05) is 31.1 Å². The zero-order valence-corrected chi connectivity index (χ0v) is 15.3. The van der Waals surface area contributed by atoms with Crippen molar-refractivity contribution in [3.63, 3.8) is 0 Å². The predicted octanol–water partition coefficient (Wildman–Crippen LogP) is 2.48. The second-order valence-electron chi connectivity index (χ2n) is 5.79. The largest absolute Gasteiger partial charge is 0.355 e. The molecule has 1 aliphatic rings. The summed E-state index contributed by atoms with van der Waals surface area (Å²) >= 11 is 5.99. The number of aromatic nitrogens is 2. The molecule has 0 atom stereocenters. The number of aryl methyl sites for hydroxylation is 1. The molecule has 134 valence electrons. The van der Waals surface area contributed by atoms with Gasteiger partial charge in [-0.2, -0.15) is 4.31 Å². The lowest BCUT2D eigenvalue weighted by Crippen LogP contribution is -2.35. The van der Waals surface area contributed by atoms with Gasteiger partial charge < -0.3 is 4.90 Å². The highest BCUT2D eigenvalue weighted by Crippen LogP contribution is 2.21. The first-order valence-corrected chi connectivity index (χ1v) is 9.70. The average molecular weight is 385 g/mol. The molecule has 25 heavy (non-hydrogen) atoms. The summed E-state index contributed by atoms with van der Waals surface area (Å²) in [6.45, 7) is 3.64. The Morgan fingerprint density at radius 3 is 2.48 bits per heavy atom. The third-order valence-corrected chi connectivity index (χ3v) is 6.13. The predicted molar refractivity (Wildman–Crippen MR) is 93.8 cm³/mol. The van der Waals surface area contributed by atoms with Gasteiger partial charge in [-0.15, -0.1) is 0 Å². The van der Waals surface area contributed by atoms with Gasteiger partial charge in [-0.1, -0.05) is 11.6 Å². The zero-order chi connectivity index (χ0) is 18.0. The van der Waals surface area contributed by atoms with Gasteiger partial charge in [-0.25, -0.2) is 22.8 Å². The molecule has 1 fully saturated rings. The van der Waals surface area contributed by atoms with Crippen LogP contribution in [0.1, 0.15) is 12.2 Å². The van der Waals surface area contributed by atoms with E-state index in [9.17, 15) is 12.8 Å². The van der Waals surface area contributed by atoms with E-state index in [0.29, 0.717) is 49.4 Å². The lowest BCUT2D eigenvalue weighted by Gasteiger charge is -2.23. The van der Waals surface area contributed by atoms with Crippen LogP contribution in [0.4, 0.5) is 10.2 Å². The van der Waals surface area contributed by atoms with E-state index in [1.807, 2.05) is 4.90 Å². The van der Waals surface area contributed by atoms with Gasteiger partial charge in [0.1, 0.15) is 22.6 Å². The Hall–Kier alpha value is -1.77. The van der Waals surface area contributed by atoms with E-state index in [0.717, 1.165) is 12.1 Å². The van der Waals surface area contributed by atoms with E-state index in [1.54, 1.807) is 13.0 Å². The molecule has 0 aliphatic carbocycles. The van der Waals surface area contributed by atoms with Crippen LogP contribution >= 0.6 is 11.6 Å². The van der Waals surface area contributed by atoms with Crippen LogP contribution in [-0.2, 0) is 10.0 Å². The first-order valence-electron chi connectivity index (χ1n) is 7.88. The van der Waals surface area contributed by atoms with Crippen molar-refractivity contribution in [2.45, 2.75) is 18.2 Å². The van der Waals surface area contributed by atoms with Crippen LogP contribution in [0.2, 0.25) is 5.15 Å². The first kappa shape index (κ1) is 18.0. The average Bonchev–Trinajstić information content (AvgIpc) is 2.81. The molecule has 1 aromatic carbocycles. The summed E-state index contributed by atoms with van der Waals surface area (Å²) in [6.07, 6.45) is 0.654. The fourth-order valence-corrected chi connectivity index (χ4v) is 4.49. The van der Waals surface area contributed by atoms with Gasteiger partial charge in [0.15, 0.2) is 0 Å². The molecule has 1 aromatic heterocycles. The van der Waals surface area contributed by atoms with Crippen molar-refractivity contribution in [2.24, 2.45) is 0 Å². The van der Waals surface area contributed by atoms with E-state index in [4.69, 9.17) is 11.6 Å². The highest BCUT2D eigenvalue weighted by Gasteiger charge is 2.27. The summed E-state index contributed by atoms with van der Waals surface area (Å²) in [5, 5.41) is 0.363. The summed E-state index contributed by atoms with van der Waals surface area (Å²) in [5.74, 6) is 0.804. The molecule has 6 nitrogen and oxygen atoms in total. The van der Waals surface area contributed by atoms with Crippen LogP contribution in [0.25, 0.3) is 0 Å². The molecule has 3 rings (SSSR count). The maximum atomic E-state index is 13.0. The molecule has 0 unspecified atom stereocenters. The fraction of sp³-hybridized carbons (Fsp3) is 0.375. The number of anilines is 1. The van der Waals surface area contributed by atoms with Crippen molar-refractivity contribution in [1.29, 1.82) is 0 Å². The Labute approximate surface area is 151 Å². The van der Waals surface area contributed by atoms with Crippen molar-refractivity contribution >= 4 is 27.4 Å². The minimum atomic E-state index is -3.64. The SMILES string of the molecule is Cc1nc(Cl)cc(N2CCCN(S(=O)(=O)c3ccc(F)cc3)CC2)n1. The van der Waals surface area contributed by atoms with Crippen molar-refractivity contribution in [1.82, 2.24) is 14.3 Å². The Bertz CT molecular complexity index is 841. The van der Waals surface area contributed by atoms with E-state index in [1.165, 1.54) is 16.4 Å². The zero-order valence-electron chi connectivity index (χ0n) is 13.7. The first-order chi connectivity index (χ1) is 11.9. The van der Waals surface area contributed by atoms with Gasteiger partial charge in [0.2, 0.25) is 10.0 Å². The molecule has 0 saturated carbocycles. The second-order valence-corrected chi connectivity index (χ2v) is 8.12.